The molecule has 1 aliphatic carbocycles. The van der Waals surface area contributed by atoms with Gasteiger partial charge < -0.3 is 4.74 Å². The molecule has 0 aromatic heterocycles. The maximum absolute atomic E-state index is 12.8. The second kappa shape index (κ2) is 11.5. The fraction of sp³-hybridized carbons (Fsp3) is 0.565. The number of unbranched alkanes of at least 4 members (excludes halogenated alkanes) is 2. The van der Waals surface area contributed by atoms with Crippen LogP contribution in [0.25, 0.3) is 0 Å². The third-order valence-electron chi connectivity index (χ3n) is 5.40. The van der Waals surface area contributed by atoms with E-state index in [1.54, 1.807) is 0 Å². The zero-order valence-corrected chi connectivity index (χ0v) is 16.3. The van der Waals surface area contributed by atoms with Gasteiger partial charge in [0.1, 0.15) is 11.8 Å². The average molecular weight is 371 g/mol. The van der Waals surface area contributed by atoms with Gasteiger partial charge in [-0.05, 0) is 81.1 Å². The highest BCUT2D eigenvalue weighted by Crippen LogP contribution is 2.32. The first-order chi connectivity index (χ1) is 13.1. The van der Waals surface area contributed by atoms with Gasteiger partial charge in [-0.3, -0.25) is 4.79 Å². The molecule has 2 rings (SSSR count). The number of nitrogens with zero attached hydrogens (tertiary/aromatic N) is 1. The number of hydrogen-bond acceptors (Lipinski definition) is 3. The van der Waals surface area contributed by atoms with Gasteiger partial charge in [-0.25, -0.2) is 0 Å². The number of carbonyl (C=O) groups excluding carboxylic acids is 1. The molecule has 0 unspecified atom stereocenters. The summed E-state index contributed by atoms with van der Waals surface area (Å²) in [4.78, 5) is 12.4. The summed E-state index contributed by atoms with van der Waals surface area (Å²) in [5.41, 5.74) is 1.28. The molecule has 0 N–H and O–H groups in total. The van der Waals surface area contributed by atoms with Gasteiger partial charge in [0.05, 0.1) is 5.92 Å². The minimum absolute atomic E-state index is 0.0446. The van der Waals surface area contributed by atoms with Crippen molar-refractivity contribution in [1.29, 1.82) is 5.26 Å². The van der Waals surface area contributed by atoms with E-state index in [1.165, 1.54) is 37.0 Å². The first kappa shape index (κ1) is 21.2. The van der Waals surface area contributed by atoms with Gasteiger partial charge in [0, 0.05) is 0 Å². The summed E-state index contributed by atoms with van der Waals surface area (Å²) >= 11 is 0. The first-order valence-corrected chi connectivity index (χ1v) is 10.2. The summed E-state index contributed by atoms with van der Waals surface area (Å²) in [6, 6.07) is 9.37. The largest absolute Gasteiger partial charge is 0.426 e. The van der Waals surface area contributed by atoms with Gasteiger partial charge >= 0.3 is 5.97 Å². The van der Waals surface area contributed by atoms with Crippen molar-refractivity contribution < 1.29 is 13.9 Å². The molecular formula is C23H30FNO2. The fourth-order valence-electron chi connectivity index (χ4n) is 3.68. The summed E-state index contributed by atoms with van der Waals surface area (Å²) < 4.78 is 18.4. The van der Waals surface area contributed by atoms with E-state index in [4.69, 9.17) is 10.00 Å². The van der Waals surface area contributed by atoms with Crippen LogP contribution in [0.3, 0.4) is 0 Å². The van der Waals surface area contributed by atoms with Crippen molar-refractivity contribution in [2.75, 3.05) is 0 Å². The summed E-state index contributed by atoms with van der Waals surface area (Å²) in [6.07, 6.45) is 11.1. The van der Waals surface area contributed by atoms with E-state index in [2.05, 4.69) is 6.92 Å². The van der Waals surface area contributed by atoms with Crippen LogP contribution in [0, 0.1) is 23.2 Å². The normalized spacial score (nSPS) is 20.1. The Morgan fingerprint density at radius 1 is 1.22 bits per heavy atom. The van der Waals surface area contributed by atoms with Crippen LogP contribution < -0.4 is 4.74 Å². The van der Waals surface area contributed by atoms with E-state index in [9.17, 15) is 9.18 Å². The molecule has 1 aromatic rings. The lowest BCUT2D eigenvalue weighted by Crippen LogP contribution is -2.25. The number of esters is 1. The molecule has 27 heavy (non-hydrogen) atoms. The van der Waals surface area contributed by atoms with Crippen LogP contribution in [0.15, 0.2) is 36.2 Å². The van der Waals surface area contributed by atoms with E-state index in [-0.39, 0.29) is 11.9 Å². The van der Waals surface area contributed by atoms with Crippen LogP contribution in [0.4, 0.5) is 4.39 Å². The smallest absolute Gasteiger partial charge is 0.314 e. The van der Waals surface area contributed by atoms with Crippen molar-refractivity contribution >= 4 is 5.97 Å². The quantitative estimate of drug-likeness (QED) is 0.222. The number of rotatable bonds is 9. The lowest BCUT2D eigenvalue weighted by atomic mass is 9.80. The maximum Gasteiger partial charge on any atom is 0.314 e. The number of nitriles is 1. The number of halogens is 1. The number of aryl methyl sites for hydroxylation is 1. The topological polar surface area (TPSA) is 50.1 Å². The molecule has 0 aliphatic heterocycles. The monoisotopic (exact) mass is 371 g/mol. The van der Waals surface area contributed by atoms with Gasteiger partial charge in [-0.1, -0.05) is 31.9 Å². The summed E-state index contributed by atoms with van der Waals surface area (Å²) in [5, 5.41) is 8.41. The minimum Gasteiger partial charge on any atom is -0.426 e. The summed E-state index contributed by atoms with van der Waals surface area (Å²) in [6.45, 7) is 2.20. The third-order valence-corrected chi connectivity index (χ3v) is 5.40. The van der Waals surface area contributed by atoms with Crippen molar-refractivity contribution in [3.63, 3.8) is 0 Å². The van der Waals surface area contributed by atoms with Crippen molar-refractivity contribution in [3.05, 3.63) is 41.7 Å². The number of carbonyl (C=O) groups is 1. The summed E-state index contributed by atoms with van der Waals surface area (Å²) in [5.74, 6) is 0.237. The Balaban J connectivity index is 1.72. The molecule has 4 heteroatoms. The molecule has 146 valence electrons. The predicted octanol–water partition coefficient (Wildman–Crippen LogP) is 6.29. The second-order valence-electron chi connectivity index (χ2n) is 7.48. The Bertz CT molecular complexity index is 652. The van der Waals surface area contributed by atoms with Gasteiger partial charge in [-0.15, -0.1) is 0 Å². The van der Waals surface area contributed by atoms with Crippen LogP contribution in [-0.4, -0.2) is 5.97 Å². The van der Waals surface area contributed by atoms with Crippen LogP contribution in [0.2, 0.25) is 0 Å². The number of hydrogen-bond donors (Lipinski definition) is 0. The molecule has 3 nitrogen and oxygen atoms in total. The van der Waals surface area contributed by atoms with Gasteiger partial charge in [-0.2, -0.15) is 9.65 Å². The molecule has 1 fully saturated rings. The zero-order valence-electron chi connectivity index (χ0n) is 16.3. The third kappa shape index (κ3) is 7.54. The van der Waals surface area contributed by atoms with Crippen molar-refractivity contribution in [2.45, 2.75) is 71.1 Å². The highest BCUT2D eigenvalue weighted by Gasteiger charge is 2.27. The molecule has 0 heterocycles. The maximum atomic E-state index is 12.8. The Kier molecular flexibility index (Phi) is 9.04. The highest BCUT2D eigenvalue weighted by atomic mass is 19.1. The van der Waals surface area contributed by atoms with E-state index in [0.717, 1.165) is 38.5 Å². The molecule has 0 bridgehead atoms. The van der Waals surface area contributed by atoms with E-state index >= 15 is 0 Å². The van der Waals surface area contributed by atoms with E-state index in [0.29, 0.717) is 18.1 Å². The van der Waals surface area contributed by atoms with Crippen molar-refractivity contribution in [1.82, 2.24) is 0 Å². The first-order valence-electron chi connectivity index (χ1n) is 10.2. The SMILES string of the molecule is CCCCCc1ccc(OC(=O)[C@H]2CC[C@H](CCC=C(F)C#N)CC2)cc1. The Hall–Kier alpha value is -2.15. The van der Waals surface area contributed by atoms with Crippen LogP contribution in [0.1, 0.15) is 70.3 Å². The molecule has 0 saturated heterocycles. The highest BCUT2D eigenvalue weighted by molar-refractivity contribution is 5.75. The molecule has 0 radical (unpaired) electrons. The van der Waals surface area contributed by atoms with Crippen LogP contribution in [0.5, 0.6) is 5.75 Å². The Morgan fingerprint density at radius 2 is 1.93 bits per heavy atom. The molecule has 1 saturated carbocycles. The number of allylic oxidation sites excluding steroid dienone is 2. The van der Waals surface area contributed by atoms with Gasteiger partial charge in [0.2, 0.25) is 0 Å². The van der Waals surface area contributed by atoms with Gasteiger partial charge in [0.15, 0.2) is 5.83 Å². The Labute approximate surface area is 162 Å². The lowest BCUT2D eigenvalue weighted by molar-refractivity contribution is -0.140. The fourth-order valence-corrected chi connectivity index (χ4v) is 3.68. The zero-order chi connectivity index (χ0) is 19.5. The van der Waals surface area contributed by atoms with Crippen molar-refractivity contribution in [2.24, 2.45) is 11.8 Å². The average Bonchev–Trinajstić information content (AvgIpc) is 2.70. The van der Waals surface area contributed by atoms with Gasteiger partial charge in [0.25, 0.3) is 0 Å². The van der Waals surface area contributed by atoms with Crippen LogP contribution >= 0.6 is 0 Å². The Morgan fingerprint density at radius 3 is 2.56 bits per heavy atom. The molecule has 0 amide bonds. The second-order valence-corrected chi connectivity index (χ2v) is 7.48. The van der Waals surface area contributed by atoms with E-state index < -0.39 is 5.83 Å². The molecule has 0 atom stereocenters. The number of benzene rings is 1. The molecule has 0 spiro atoms. The minimum atomic E-state index is -0.705. The lowest BCUT2D eigenvalue weighted by Gasteiger charge is -2.26. The number of ether oxygens (including phenoxy) is 1. The van der Waals surface area contributed by atoms with E-state index in [1.807, 2.05) is 24.3 Å². The molecule has 1 aromatic carbocycles. The van der Waals surface area contributed by atoms with Crippen molar-refractivity contribution in [3.8, 4) is 11.8 Å². The molecule has 1 aliphatic rings. The van der Waals surface area contributed by atoms with Crippen LogP contribution in [-0.2, 0) is 11.2 Å². The predicted molar refractivity (Wildman–Crippen MR) is 105 cm³/mol. The summed E-state index contributed by atoms with van der Waals surface area (Å²) in [7, 11) is 0. The standard InChI is InChI=1S/C23H30FNO2/c1-2-3-4-6-18-11-15-22(16-12-18)27-23(26)20-13-9-19(10-14-20)7-5-8-21(24)17-25/h8,11-12,15-16,19-20H,2-7,9-10,13-14H2,1H3/t19-,20-. The molecular weight excluding hydrogens is 341 g/mol.